The lowest BCUT2D eigenvalue weighted by Crippen LogP contribution is -2.39. The summed E-state index contributed by atoms with van der Waals surface area (Å²) in [4.78, 5) is 14.0. The monoisotopic (exact) mass is 311 g/mol. The average molecular weight is 311 g/mol. The molecule has 1 saturated heterocycles. The Morgan fingerprint density at radius 1 is 1.32 bits per heavy atom. The quantitative estimate of drug-likeness (QED) is 0.847. The van der Waals surface area contributed by atoms with Crippen molar-refractivity contribution >= 4 is 11.6 Å². The van der Waals surface area contributed by atoms with Crippen molar-refractivity contribution in [3.8, 4) is 0 Å². The Morgan fingerprint density at radius 3 is 2.55 bits per heavy atom. The summed E-state index contributed by atoms with van der Waals surface area (Å²) in [5.74, 6) is -1.33. The number of carbonyl (C=O) groups excluding carboxylic acids is 1. The molecule has 122 valence electrons. The van der Waals surface area contributed by atoms with Gasteiger partial charge in [0.15, 0.2) is 0 Å². The van der Waals surface area contributed by atoms with Gasteiger partial charge in [-0.3, -0.25) is 9.69 Å². The molecule has 0 aromatic heterocycles. The van der Waals surface area contributed by atoms with Crippen molar-refractivity contribution in [2.45, 2.75) is 19.8 Å². The van der Waals surface area contributed by atoms with Crippen molar-refractivity contribution in [2.24, 2.45) is 5.92 Å². The minimum absolute atomic E-state index is 0.147. The van der Waals surface area contributed by atoms with Crippen LogP contribution >= 0.6 is 0 Å². The maximum atomic E-state index is 13.5. The van der Waals surface area contributed by atoms with Crippen LogP contribution in [0, 0.1) is 17.6 Å². The SMILES string of the molecule is CCN(CC(=O)Nc1c(F)cccc1F)CC1CCNCC1. The molecule has 1 aliphatic rings. The van der Waals surface area contributed by atoms with Crippen LogP contribution in [0.2, 0.25) is 0 Å². The minimum Gasteiger partial charge on any atom is -0.320 e. The molecule has 4 nitrogen and oxygen atoms in total. The van der Waals surface area contributed by atoms with Crippen LogP contribution in [0.25, 0.3) is 0 Å². The molecular formula is C16H23F2N3O. The second-order valence-electron chi connectivity index (χ2n) is 5.67. The van der Waals surface area contributed by atoms with E-state index in [1.165, 1.54) is 6.07 Å². The van der Waals surface area contributed by atoms with Gasteiger partial charge >= 0.3 is 0 Å². The zero-order valence-electron chi connectivity index (χ0n) is 12.9. The molecule has 1 aromatic carbocycles. The highest BCUT2D eigenvalue weighted by molar-refractivity contribution is 5.92. The van der Waals surface area contributed by atoms with E-state index < -0.39 is 11.6 Å². The third kappa shape index (κ3) is 4.74. The number of likely N-dealkylation sites (N-methyl/N-ethyl adjacent to an activating group) is 1. The van der Waals surface area contributed by atoms with Gasteiger partial charge in [-0.25, -0.2) is 8.78 Å². The summed E-state index contributed by atoms with van der Waals surface area (Å²) in [6.07, 6.45) is 2.19. The summed E-state index contributed by atoms with van der Waals surface area (Å²) in [6, 6.07) is 3.53. The average Bonchev–Trinajstić information content (AvgIpc) is 2.51. The van der Waals surface area contributed by atoms with Crippen molar-refractivity contribution in [3.63, 3.8) is 0 Å². The van der Waals surface area contributed by atoms with Crippen molar-refractivity contribution < 1.29 is 13.6 Å². The number of para-hydroxylation sites is 1. The van der Waals surface area contributed by atoms with E-state index in [0.29, 0.717) is 5.92 Å². The summed E-state index contributed by atoms with van der Waals surface area (Å²) in [5.41, 5.74) is -0.370. The largest absolute Gasteiger partial charge is 0.320 e. The van der Waals surface area contributed by atoms with Gasteiger partial charge in [-0.15, -0.1) is 0 Å². The Hall–Kier alpha value is -1.53. The molecule has 6 heteroatoms. The fourth-order valence-electron chi connectivity index (χ4n) is 2.73. The van der Waals surface area contributed by atoms with E-state index in [1.54, 1.807) is 0 Å². The van der Waals surface area contributed by atoms with Crippen molar-refractivity contribution in [1.29, 1.82) is 0 Å². The molecule has 0 radical (unpaired) electrons. The maximum absolute atomic E-state index is 13.5. The highest BCUT2D eigenvalue weighted by atomic mass is 19.1. The van der Waals surface area contributed by atoms with Crippen LogP contribution in [0.5, 0.6) is 0 Å². The Morgan fingerprint density at radius 2 is 1.95 bits per heavy atom. The van der Waals surface area contributed by atoms with Gasteiger partial charge in [-0.1, -0.05) is 13.0 Å². The molecular weight excluding hydrogens is 288 g/mol. The number of piperidine rings is 1. The Bertz CT molecular complexity index is 484. The van der Waals surface area contributed by atoms with E-state index in [1.807, 2.05) is 11.8 Å². The van der Waals surface area contributed by atoms with E-state index in [-0.39, 0.29) is 18.1 Å². The lowest BCUT2D eigenvalue weighted by atomic mass is 9.97. The fourth-order valence-corrected chi connectivity index (χ4v) is 2.73. The minimum atomic E-state index is -0.755. The molecule has 1 heterocycles. The van der Waals surface area contributed by atoms with E-state index in [0.717, 1.165) is 51.2 Å². The van der Waals surface area contributed by atoms with Crippen molar-refractivity contribution in [2.75, 3.05) is 38.0 Å². The second kappa shape index (κ2) is 8.19. The molecule has 2 N–H and O–H groups in total. The topological polar surface area (TPSA) is 44.4 Å². The van der Waals surface area contributed by atoms with Gasteiger partial charge < -0.3 is 10.6 Å². The first kappa shape index (κ1) is 16.8. The van der Waals surface area contributed by atoms with E-state index in [9.17, 15) is 13.6 Å². The van der Waals surface area contributed by atoms with E-state index in [2.05, 4.69) is 10.6 Å². The number of amides is 1. The number of anilines is 1. The predicted octanol–water partition coefficient (Wildman–Crippen LogP) is 2.22. The van der Waals surface area contributed by atoms with Crippen LogP contribution in [0.15, 0.2) is 18.2 Å². The first-order chi connectivity index (χ1) is 10.6. The summed E-state index contributed by atoms with van der Waals surface area (Å²) < 4.78 is 27.1. The lowest BCUT2D eigenvalue weighted by molar-refractivity contribution is -0.117. The Balaban J connectivity index is 1.88. The van der Waals surface area contributed by atoms with Gasteiger partial charge in [0.25, 0.3) is 0 Å². The number of benzene rings is 1. The predicted molar refractivity (Wildman–Crippen MR) is 82.7 cm³/mol. The first-order valence-electron chi connectivity index (χ1n) is 7.77. The van der Waals surface area contributed by atoms with Crippen LogP contribution in [0.1, 0.15) is 19.8 Å². The van der Waals surface area contributed by atoms with Crippen LogP contribution in [0.4, 0.5) is 14.5 Å². The molecule has 0 saturated carbocycles. The third-order valence-corrected chi connectivity index (χ3v) is 4.02. The number of nitrogens with one attached hydrogen (secondary N) is 2. The van der Waals surface area contributed by atoms with Crippen molar-refractivity contribution in [3.05, 3.63) is 29.8 Å². The zero-order chi connectivity index (χ0) is 15.9. The van der Waals surface area contributed by atoms with Crippen LogP contribution in [-0.4, -0.2) is 43.5 Å². The Kier molecular flexibility index (Phi) is 6.27. The zero-order valence-corrected chi connectivity index (χ0v) is 12.9. The highest BCUT2D eigenvalue weighted by Gasteiger charge is 2.19. The van der Waals surface area contributed by atoms with Gasteiger partial charge in [0, 0.05) is 6.54 Å². The summed E-state index contributed by atoms with van der Waals surface area (Å²) in [6.45, 7) is 5.72. The molecule has 22 heavy (non-hydrogen) atoms. The number of carbonyl (C=O) groups is 1. The normalized spacial score (nSPS) is 16.0. The molecule has 0 spiro atoms. The number of halogens is 2. The Labute approximate surface area is 129 Å². The molecule has 0 aliphatic carbocycles. The fraction of sp³-hybridized carbons (Fsp3) is 0.562. The molecule has 1 amide bonds. The number of hydrogen-bond acceptors (Lipinski definition) is 3. The van der Waals surface area contributed by atoms with Crippen molar-refractivity contribution in [1.82, 2.24) is 10.2 Å². The maximum Gasteiger partial charge on any atom is 0.238 e. The van der Waals surface area contributed by atoms with Crippen LogP contribution in [0.3, 0.4) is 0 Å². The molecule has 1 fully saturated rings. The smallest absolute Gasteiger partial charge is 0.238 e. The number of rotatable bonds is 6. The summed E-state index contributed by atoms with van der Waals surface area (Å²) >= 11 is 0. The summed E-state index contributed by atoms with van der Waals surface area (Å²) in [7, 11) is 0. The third-order valence-electron chi connectivity index (χ3n) is 4.02. The summed E-state index contributed by atoms with van der Waals surface area (Å²) in [5, 5.41) is 5.65. The number of hydrogen-bond donors (Lipinski definition) is 2. The van der Waals surface area contributed by atoms with Crippen LogP contribution < -0.4 is 10.6 Å². The molecule has 2 rings (SSSR count). The van der Waals surface area contributed by atoms with E-state index >= 15 is 0 Å². The van der Waals surface area contributed by atoms with Gasteiger partial charge in [0.1, 0.15) is 17.3 Å². The lowest BCUT2D eigenvalue weighted by Gasteiger charge is -2.28. The molecule has 0 unspecified atom stereocenters. The highest BCUT2D eigenvalue weighted by Crippen LogP contribution is 2.18. The van der Waals surface area contributed by atoms with E-state index in [4.69, 9.17) is 0 Å². The molecule has 0 atom stereocenters. The standard InChI is InChI=1S/C16H23F2N3O/c1-2-21(10-12-6-8-19-9-7-12)11-15(22)20-16-13(17)4-3-5-14(16)18/h3-5,12,19H,2,6-11H2,1H3,(H,20,22). The number of nitrogens with zero attached hydrogens (tertiary/aromatic N) is 1. The van der Waals surface area contributed by atoms with Gasteiger partial charge in [-0.05, 0) is 50.5 Å². The van der Waals surface area contributed by atoms with Gasteiger partial charge in [-0.2, -0.15) is 0 Å². The van der Waals surface area contributed by atoms with Gasteiger partial charge in [0.2, 0.25) is 5.91 Å². The second-order valence-corrected chi connectivity index (χ2v) is 5.67. The molecule has 1 aromatic rings. The first-order valence-corrected chi connectivity index (χ1v) is 7.77. The van der Waals surface area contributed by atoms with Gasteiger partial charge in [0.05, 0.1) is 6.54 Å². The molecule has 1 aliphatic heterocycles. The van der Waals surface area contributed by atoms with Crippen LogP contribution in [-0.2, 0) is 4.79 Å². The molecule has 0 bridgehead atoms.